The number of rotatable bonds is 9. The van der Waals surface area contributed by atoms with Crippen LogP contribution < -0.4 is 16.4 Å². The predicted octanol–water partition coefficient (Wildman–Crippen LogP) is 3.66. The average Bonchev–Trinajstić information content (AvgIpc) is 3.38. The summed E-state index contributed by atoms with van der Waals surface area (Å²) in [6.07, 6.45) is 9.54. The number of primary amides is 1. The molecule has 36 heavy (non-hydrogen) atoms. The zero-order chi connectivity index (χ0) is 25.5. The number of benzene rings is 2. The van der Waals surface area contributed by atoms with Gasteiger partial charge in [0.25, 0.3) is 11.8 Å². The number of hydrogen-bond acceptors (Lipinski definition) is 4. The Morgan fingerprint density at radius 1 is 1.00 bits per heavy atom. The van der Waals surface area contributed by atoms with Gasteiger partial charge < -0.3 is 16.4 Å². The summed E-state index contributed by atoms with van der Waals surface area (Å²) >= 11 is 0. The molecular formula is C28H33N5O3. The van der Waals surface area contributed by atoms with E-state index >= 15 is 0 Å². The van der Waals surface area contributed by atoms with Crippen LogP contribution >= 0.6 is 0 Å². The molecule has 1 fully saturated rings. The van der Waals surface area contributed by atoms with Gasteiger partial charge in [-0.1, -0.05) is 62.4 Å². The maximum Gasteiger partial charge on any atom is 0.254 e. The Labute approximate surface area is 211 Å². The monoisotopic (exact) mass is 487 g/mol. The topological polar surface area (TPSA) is 119 Å². The normalized spacial score (nSPS) is 14.7. The van der Waals surface area contributed by atoms with E-state index < -0.39 is 11.9 Å². The van der Waals surface area contributed by atoms with Crippen LogP contribution in [0.2, 0.25) is 0 Å². The molecule has 2 aromatic carbocycles. The van der Waals surface area contributed by atoms with Gasteiger partial charge in [0.15, 0.2) is 0 Å². The number of carbonyl (C=O) groups excluding carboxylic acids is 3. The van der Waals surface area contributed by atoms with E-state index in [1.807, 2.05) is 31.2 Å². The lowest BCUT2D eigenvalue weighted by Crippen LogP contribution is -2.45. The second-order valence-corrected chi connectivity index (χ2v) is 9.51. The Balaban J connectivity index is 1.30. The third-order valence-electron chi connectivity index (χ3n) is 6.82. The Kier molecular flexibility index (Phi) is 8.15. The van der Waals surface area contributed by atoms with E-state index in [1.54, 1.807) is 35.1 Å². The van der Waals surface area contributed by atoms with E-state index in [2.05, 4.69) is 15.7 Å². The zero-order valence-corrected chi connectivity index (χ0v) is 20.6. The lowest BCUT2D eigenvalue weighted by Gasteiger charge is -2.25. The van der Waals surface area contributed by atoms with Crippen LogP contribution in [-0.4, -0.2) is 33.5 Å². The Hall–Kier alpha value is -3.94. The highest BCUT2D eigenvalue weighted by molar-refractivity contribution is 5.97. The molecule has 1 atom stereocenters. The number of nitrogens with two attached hydrogens (primary N) is 1. The molecule has 0 bridgehead atoms. The number of amides is 3. The Morgan fingerprint density at radius 3 is 2.42 bits per heavy atom. The molecule has 0 unspecified atom stereocenters. The second kappa shape index (κ2) is 11.7. The van der Waals surface area contributed by atoms with E-state index in [0.717, 1.165) is 42.5 Å². The van der Waals surface area contributed by atoms with Gasteiger partial charge in [0.2, 0.25) is 5.91 Å². The maximum atomic E-state index is 12.7. The number of nitrogens with zero attached hydrogens (tertiary/aromatic N) is 2. The molecule has 3 amide bonds. The molecule has 1 heterocycles. The van der Waals surface area contributed by atoms with Gasteiger partial charge in [-0.15, -0.1) is 0 Å². The van der Waals surface area contributed by atoms with E-state index in [1.165, 1.54) is 12.6 Å². The van der Waals surface area contributed by atoms with Gasteiger partial charge in [-0.3, -0.25) is 14.4 Å². The van der Waals surface area contributed by atoms with Crippen molar-refractivity contribution in [2.45, 2.75) is 58.0 Å². The standard InChI is InChI=1S/C28H33N5O3/c1-19-7-5-6-10-25(19)33-18-23(17-31-33)27(35)30-16-21-11-13-22(14-12-21)28(36)32-24(26(29)34)15-20-8-3-2-4-9-20/h5-7,10-14,17-18,20,24H,2-4,8-9,15-16H2,1H3,(H2,29,34)(H,30,35)(H,32,36)/t24-/m0/s1. The number of aryl methyl sites for hydroxylation is 1. The van der Waals surface area contributed by atoms with Crippen LogP contribution in [0.4, 0.5) is 0 Å². The molecule has 3 aromatic rings. The first kappa shape index (κ1) is 25.2. The summed E-state index contributed by atoms with van der Waals surface area (Å²) in [7, 11) is 0. The molecule has 8 nitrogen and oxygen atoms in total. The first-order valence-electron chi connectivity index (χ1n) is 12.5. The van der Waals surface area contributed by atoms with E-state index in [-0.39, 0.29) is 11.8 Å². The van der Waals surface area contributed by atoms with Gasteiger partial charge in [-0.25, -0.2) is 4.68 Å². The van der Waals surface area contributed by atoms with Crippen LogP contribution in [0, 0.1) is 12.8 Å². The Bertz CT molecular complexity index is 1210. The van der Waals surface area contributed by atoms with Crippen molar-refractivity contribution in [1.82, 2.24) is 20.4 Å². The molecule has 188 valence electrons. The van der Waals surface area contributed by atoms with Crippen molar-refractivity contribution in [3.63, 3.8) is 0 Å². The third kappa shape index (κ3) is 6.38. The smallest absolute Gasteiger partial charge is 0.254 e. The minimum absolute atomic E-state index is 0.233. The highest BCUT2D eigenvalue weighted by Crippen LogP contribution is 2.27. The molecule has 1 aliphatic carbocycles. The lowest BCUT2D eigenvalue weighted by atomic mass is 9.84. The summed E-state index contributed by atoms with van der Waals surface area (Å²) in [6, 6.07) is 14.1. The molecule has 0 aliphatic heterocycles. The summed E-state index contributed by atoms with van der Waals surface area (Å²) in [6.45, 7) is 2.30. The van der Waals surface area contributed by atoms with Crippen molar-refractivity contribution in [1.29, 1.82) is 0 Å². The maximum absolute atomic E-state index is 12.7. The van der Waals surface area contributed by atoms with Gasteiger partial charge in [-0.2, -0.15) is 5.10 Å². The van der Waals surface area contributed by atoms with Crippen molar-refractivity contribution in [2.75, 3.05) is 0 Å². The van der Waals surface area contributed by atoms with Crippen LogP contribution in [0.3, 0.4) is 0 Å². The molecule has 4 N–H and O–H groups in total. The van der Waals surface area contributed by atoms with Crippen LogP contribution in [0.5, 0.6) is 0 Å². The highest BCUT2D eigenvalue weighted by atomic mass is 16.2. The van der Waals surface area contributed by atoms with Gasteiger partial charge in [0.1, 0.15) is 6.04 Å². The van der Waals surface area contributed by atoms with Gasteiger partial charge in [0.05, 0.1) is 17.4 Å². The molecule has 0 radical (unpaired) electrons. The summed E-state index contributed by atoms with van der Waals surface area (Å²) in [5, 5.41) is 9.99. The van der Waals surface area contributed by atoms with Gasteiger partial charge in [-0.05, 0) is 48.6 Å². The number of para-hydroxylation sites is 1. The quantitative estimate of drug-likeness (QED) is 0.427. The molecule has 4 rings (SSSR count). The number of nitrogens with one attached hydrogen (secondary N) is 2. The second-order valence-electron chi connectivity index (χ2n) is 9.51. The first-order valence-corrected chi connectivity index (χ1v) is 12.5. The highest BCUT2D eigenvalue weighted by Gasteiger charge is 2.24. The summed E-state index contributed by atoms with van der Waals surface area (Å²) in [5.41, 5.74) is 9.30. The predicted molar refractivity (Wildman–Crippen MR) is 138 cm³/mol. The SMILES string of the molecule is Cc1ccccc1-n1cc(C(=O)NCc2ccc(C(=O)N[C@@H](CC3CCCCC3)C(N)=O)cc2)cn1. The molecule has 1 aromatic heterocycles. The van der Waals surface area contributed by atoms with Crippen molar-refractivity contribution >= 4 is 17.7 Å². The molecular weight excluding hydrogens is 454 g/mol. The fourth-order valence-corrected chi connectivity index (χ4v) is 4.69. The van der Waals surface area contributed by atoms with Crippen LogP contribution in [0.15, 0.2) is 60.9 Å². The fraction of sp³-hybridized carbons (Fsp3) is 0.357. The average molecular weight is 488 g/mol. The first-order chi connectivity index (χ1) is 17.4. The lowest BCUT2D eigenvalue weighted by molar-refractivity contribution is -0.120. The minimum Gasteiger partial charge on any atom is -0.368 e. The minimum atomic E-state index is -0.667. The zero-order valence-electron chi connectivity index (χ0n) is 20.6. The fourth-order valence-electron chi connectivity index (χ4n) is 4.69. The molecule has 0 spiro atoms. The van der Waals surface area contributed by atoms with Gasteiger partial charge >= 0.3 is 0 Å². The van der Waals surface area contributed by atoms with Crippen LogP contribution in [0.25, 0.3) is 5.69 Å². The third-order valence-corrected chi connectivity index (χ3v) is 6.82. The van der Waals surface area contributed by atoms with E-state index in [4.69, 9.17) is 5.73 Å². The van der Waals surface area contributed by atoms with Crippen LogP contribution in [-0.2, 0) is 11.3 Å². The summed E-state index contributed by atoms with van der Waals surface area (Å²) in [5.74, 6) is -0.636. The van der Waals surface area contributed by atoms with E-state index in [9.17, 15) is 14.4 Å². The number of aromatic nitrogens is 2. The molecule has 8 heteroatoms. The van der Waals surface area contributed by atoms with Crippen molar-refractivity contribution in [3.8, 4) is 5.69 Å². The van der Waals surface area contributed by atoms with Crippen molar-refractivity contribution in [3.05, 3.63) is 83.2 Å². The number of hydrogen-bond donors (Lipinski definition) is 3. The van der Waals surface area contributed by atoms with E-state index in [0.29, 0.717) is 30.0 Å². The summed E-state index contributed by atoms with van der Waals surface area (Å²) < 4.78 is 1.69. The molecule has 0 saturated heterocycles. The summed E-state index contributed by atoms with van der Waals surface area (Å²) in [4.78, 5) is 37.2. The van der Waals surface area contributed by atoms with Crippen molar-refractivity contribution < 1.29 is 14.4 Å². The van der Waals surface area contributed by atoms with Crippen molar-refractivity contribution in [2.24, 2.45) is 11.7 Å². The Morgan fingerprint density at radius 2 is 1.72 bits per heavy atom. The van der Waals surface area contributed by atoms with Gasteiger partial charge in [0, 0.05) is 18.3 Å². The number of carbonyl (C=O) groups is 3. The molecule has 1 aliphatic rings. The molecule has 1 saturated carbocycles. The largest absolute Gasteiger partial charge is 0.368 e. The van der Waals surface area contributed by atoms with Crippen LogP contribution in [0.1, 0.15) is 70.4 Å².